The molecule has 10 nitrogen and oxygen atoms in total. The normalized spacial score (nSPS) is 14.4. The maximum absolute atomic E-state index is 13.4. The Bertz CT molecular complexity index is 1280. The fourth-order valence-corrected chi connectivity index (χ4v) is 4.52. The SMILES string of the molecule is COc1cc(-c2cc3n(C)c(C)c(CCC(=O)N4CCN(C)CC4)c(=O)n3n2)cc(OC)c1OC. The van der Waals surface area contributed by atoms with Crippen molar-refractivity contribution in [2.24, 2.45) is 7.05 Å². The van der Waals surface area contributed by atoms with E-state index in [0.29, 0.717) is 47.0 Å². The van der Waals surface area contributed by atoms with Gasteiger partial charge in [0.05, 0.1) is 27.0 Å². The molecule has 1 amide bonds. The van der Waals surface area contributed by atoms with Gasteiger partial charge in [-0.2, -0.15) is 9.61 Å². The van der Waals surface area contributed by atoms with Crippen molar-refractivity contribution in [3.8, 4) is 28.5 Å². The van der Waals surface area contributed by atoms with Gasteiger partial charge in [-0.1, -0.05) is 0 Å². The predicted octanol–water partition coefficient (Wildman–Crippen LogP) is 1.74. The van der Waals surface area contributed by atoms with E-state index in [0.717, 1.165) is 37.4 Å². The molecular weight excluding hydrogens is 450 g/mol. The minimum atomic E-state index is -0.208. The Kier molecular flexibility index (Phi) is 7.02. The van der Waals surface area contributed by atoms with Crippen molar-refractivity contribution < 1.29 is 19.0 Å². The number of hydrogen-bond donors (Lipinski definition) is 0. The molecule has 3 heterocycles. The Morgan fingerprint density at radius 3 is 2.17 bits per heavy atom. The van der Waals surface area contributed by atoms with Gasteiger partial charge in [0.15, 0.2) is 11.5 Å². The third kappa shape index (κ3) is 4.58. The molecule has 4 rings (SSSR count). The van der Waals surface area contributed by atoms with Crippen LogP contribution in [0.1, 0.15) is 17.7 Å². The van der Waals surface area contributed by atoms with Gasteiger partial charge in [0.2, 0.25) is 11.7 Å². The van der Waals surface area contributed by atoms with Gasteiger partial charge in [-0.05, 0) is 32.5 Å². The number of carbonyl (C=O) groups is 1. The third-order valence-corrected chi connectivity index (χ3v) is 6.83. The van der Waals surface area contributed by atoms with Crippen LogP contribution in [-0.4, -0.2) is 84.4 Å². The fraction of sp³-hybridized carbons (Fsp3) is 0.480. The molecule has 0 unspecified atom stereocenters. The number of rotatable bonds is 7. The third-order valence-electron chi connectivity index (χ3n) is 6.83. The van der Waals surface area contributed by atoms with Crippen molar-refractivity contribution in [3.63, 3.8) is 0 Å². The summed E-state index contributed by atoms with van der Waals surface area (Å²) in [6, 6.07) is 5.46. The summed E-state index contributed by atoms with van der Waals surface area (Å²) in [4.78, 5) is 30.3. The van der Waals surface area contributed by atoms with Gasteiger partial charge in [0, 0.05) is 62.5 Å². The molecule has 1 aliphatic heterocycles. The smallest absolute Gasteiger partial charge is 0.277 e. The number of carbonyl (C=O) groups excluding carboxylic acids is 1. The first-order valence-corrected chi connectivity index (χ1v) is 11.6. The summed E-state index contributed by atoms with van der Waals surface area (Å²) in [7, 11) is 8.61. The molecule has 1 fully saturated rings. The molecule has 0 atom stereocenters. The van der Waals surface area contributed by atoms with Crippen molar-refractivity contribution in [3.05, 3.63) is 39.8 Å². The van der Waals surface area contributed by atoms with Gasteiger partial charge >= 0.3 is 0 Å². The zero-order chi connectivity index (χ0) is 25.3. The molecule has 0 saturated carbocycles. The molecular formula is C25H33N5O5. The van der Waals surface area contributed by atoms with Gasteiger partial charge in [0.1, 0.15) is 5.65 Å². The van der Waals surface area contributed by atoms with Crippen LogP contribution in [0.5, 0.6) is 17.2 Å². The highest BCUT2D eigenvalue weighted by Gasteiger charge is 2.22. The number of hydrogen-bond acceptors (Lipinski definition) is 7. The number of fused-ring (bicyclic) bond motifs is 1. The van der Waals surface area contributed by atoms with E-state index in [9.17, 15) is 9.59 Å². The maximum Gasteiger partial charge on any atom is 0.277 e. The number of amides is 1. The summed E-state index contributed by atoms with van der Waals surface area (Å²) in [5.41, 5.74) is 3.20. The Morgan fingerprint density at radius 2 is 1.60 bits per heavy atom. The van der Waals surface area contributed by atoms with Crippen LogP contribution in [0.3, 0.4) is 0 Å². The van der Waals surface area contributed by atoms with E-state index in [-0.39, 0.29) is 11.5 Å². The van der Waals surface area contributed by atoms with Gasteiger partial charge in [0.25, 0.3) is 5.56 Å². The Morgan fingerprint density at radius 1 is 0.971 bits per heavy atom. The summed E-state index contributed by atoms with van der Waals surface area (Å²) in [5.74, 6) is 1.58. The molecule has 10 heteroatoms. The number of nitrogens with zero attached hydrogens (tertiary/aromatic N) is 5. The van der Waals surface area contributed by atoms with Crippen LogP contribution in [0.15, 0.2) is 23.0 Å². The number of aromatic nitrogens is 3. The van der Waals surface area contributed by atoms with Crippen LogP contribution in [-0.2, 0) is 18.3 Å². The largest absolute Gasteiger partial charge is 0.493 e. The zero-order valence-electron chi connectivity index (χ0n) is 21.3. The first-order chi connectivity index (χ1) is 16.8. The van der Waals surface area contributed by atoms with Crippen LogP contribution in [0.25, 0.3) is 16.9 Å². The van der Waals surface area contributed by atoms with E-state index in [2.05, 4.69) is 17.0 Å². The summed E-state index contributed by atoms with van der Waals surface area (Å²) >= 11 is 0. The summed E-state index contributed by atoms with van der Waals surface area (Å²) in [5, 5.41) is 4.61. The van der Waals surface area contributed by atoms with Crippen molar-refractivity contribution in [1.82, 2.24) is 24.0 Å². The number of likely N-dealkylation sites (N-methyl/N-ethyl adjacent to an activating group) is 1. The van der Waals surface area contributed by atoms with Crippen LogP contribution in [0.2, 0.25) is 0 Å². The Hall–Kier alpha value is -3.53. The highest BCUT2D eigenvalue weighted by atomic mass is 16.5. The quantitative estimate of drug-likeness (QED) is 0.506. The standard InChI is InChI=1S/C25H33N5O5/c1-16-18(7-8-23(31)29-11-9-27(2)10-12-29)25(32)30-22(28(16)3)15-19(26-30)17-13-20(33-4)24(35-6)21(14-17)34-5/h13-15H,7-12H2,1-6H3. The molecule has 1 aromatic carbocycles. The average molecular weight is 484 g/mol. The zero-order valence-corrected chi connectivity index (χ0v) is 21.3. The molecule has 35 heavy (non-hydrogen) atoms. The van der Waals surface area contributed by atoms with Crippen LogP contribution in [0, 0.1) is 6.92 Å². The Balaban J connectivity index is 1.68. The summed E-state index contributed by atoms with van der Waals surface area (Å²) < 4.78 is 19.7. The average Bonchev–Trinajstić information content (AvgIpc) is 3.32. The molecule has 2 aromatic heterocycles. The first-order valence-electron chi connectivity index (χ1n) is 11.6. The lowest BCUT2D eigenvalue weighted by atomic mass is 10.1. The lowest BCUT2D eigenvalue weighted by Crippen LogP contribution is -2.47. The maximum atomic E-state index is 13.4. The lowest BCUT2D eigenvalue weighted by molar-refractivity contribution is -0.132. The first kappa shape index (κ1) is 24.6. The van der Waals surface area contributed by atoms with E-state index in [1.54, 1.807) is 33.5 Å². The second-order valence-corrected chi connectivity index (χ2v) is 8.83. The lowest BCUT2D eigenvalue weighted by Gasteiger charge is -2.32. The van der Waals surface area contributed by atoms with Crippen LogP contribution < -0.4 is 19.8 Å². The number of aryl methyl sites for hydroxylation is 1. The number of benzene rings is 1. The van der Waals surface area contributed by atoms with Gasteiger partial charge in [-0.3, -0.25) is 9.59 Å². The molecule has 188 valence electrons. The molecule has 0 N–H and O–H groups in total. The molecule has 1 saturated heterocycles. The molecule has 1 aliphatic rings. The van der Waals surface area contributed by atoms with Crippen LogP contribution >= 0.6 is 0 Å². The van der Waals surface area contributed by atoms with Gasteiger partial charge in [-0.15, -0.1) is 0 Å². The van der Waals surface area contributed by atoms with E-state index in [1.807, 2.05) is 29.5 Å². The highest BCUT2D eigenvalue weighted by molar-refractivity contribution is 5.76. The van der Waals surface area contributed by atoms with E-state index >= 15 is 0 Å². The van der Waals surface area contributed by atoms with Gasteiger partial charge in [-0.25, -0.2) is 0 Å². The molecule has 0 bridgehead atoms. The second kappa shape index (κ2) is 9.99. The fourth-order valence-electron chi connectivity index (χ4n) is 4.52. The van der Waals surface area contributed by atoms with Crippen LogP contribution in [0.4, 0.5) is 0 Å². The summed E-state index contributed by atoms with van der Waals surface area (Å²) in [6.45, 7) is 5.10. The van der Waals surface area contributed by atoms with Gasteiger partial charge < -0.3 is 28.6 Å². The van der Waals surface area contributed by atoms with Crippen molar-refractivity contribution >= 4 is 11.6 Å². The number of piperazine rings is 1. The Labute approximate surface area is 204 Å². The summed E-state index contributed by atoms with van der Waals surface area (Å²) in [6.07, 6.45) is 0.672. The van der Waals surface area contributed by atoms with Crippen molar-refractivity contribution in [1.29, 1.82) is 0 Å². The van der Waals surface area contributed by atoms with Crippen molar-refractivity contribution in [2.45, 2.75) is 19.8 Å². The van der Waals surface area contributed by atoms with E-state index in [1.165, 1.54) is 4.52 Å². The monoisotopic (exact) mass is 483 g/mol. The number of ether oxygens (including phenoxy) is 3. The molecule has 0 aliphatic carbocycles. The molecule has 0 radical (unpaired) electrons. The molecule has 3 aromatic rings. The topological polar surface area (TPSA) is 90.5 Å². The second-order valence-electron chi connectivity index (χ2n) is 8.83. The number of methoxy groups -OCH3 is 3. The minimum Gasteiger partial charge on any atom is -0.493 e. The highest BCUT2D eigenvalue weighted by Crippen LogP contribution is 2.41. The van der Waals surface area contributed by atoms with E-state index in [4.69, 9.17) is 14.2 Å². The van der Waals surface area contributed by atoms with E-state index < -0.39 is 0 Å². The predicted molar refractivity (Wildman–Crippen MR) is 133 cm³/mol. The van der Waals surface area contributed by atoms with Crippen molar-refractivity contribution in [2.75, 3.05) is 54.6 Å². The minimum absolute atomic E-state index is 0.0817. The molecule has 0 spiro atoms.